The number of hydrogen-bond acceptors (Lipinski definition) is 3. The number of rotatable bonds is 5. The van der Waals surface area contributed by atoms with E-state index < -0.39 is 11.9 Å². The fraction of sp³-hybridized carbons (Fsp3) is 0.846. The topological polar surface area (TPSA) is 78.9 Å². The minimum absolute atomic E-state index is 0.0625. The first kappa shape index (κ1) is 15.8. The van der Waals surface area contributed by atoms with E-state index in [1.54, 1.807) is 21.1 Å². The van der Waals surface area contributed by atoms with E-state index in [-0.39, 0.29) is 30.1 Å². The summed E-state index contributed by atoms with van der Waals surface area (Å²) in [5, 5.41) is 11.8. The molecular formula is C13H24N2O4. The number of carboxylic acid groups (broad SMARTS) is 1. The highest BCUT2D eigenvalue weighted by Crippen LogP contribution is 2.42. The normalized spacial score (nSPS) is 26.2. The van der Waals surface area contributed by atoms with Crippen molar-refractivity contribution in [2.24, 2.45) is 11.3 Å². The molecule has 0 bridgehead atoms. The number of ether oxygens (including phenoxy) is 1. The van der Waals surface area contributed by atoms with Crippen LogP contribution in [0.25, 0.3) is 0 Å². The van der Waals surface area contributed by atoms with Gasteiger partial charge in [0.15, 0.2) is 0 Å². The van der Waals surface area contributed by atoms with Crippen molar-refractivity contribution in [1.29, 1.82) is 0 Å². The summed E-state index contributed by atoms with van der Waals surface area (Å²) >= 11 is 0. The highest BCUT2D eigenvalue weighted by molar-refractivity contribution is 5.76. The van der Waals surface area contributed by atoms with Crippen molar-refractivity contribution in [3.8, 4) is 0 Å². The maximum Gasteiger partial charge on any atom is 0.317 e. The first-order valence-electron chi connectivity index (χ1n) is 6.47. The molecule has 0 radical (unpaired) electrons. The molecule has 0 spiro atoms. The Labute approximate surface area is 114 Å². The summed E-state index contributed by atoms with van der Waals surface area (Å²) in [6, 6.07) is -0.173. The van der Waals surface area contributed by atoms with E-state index in [1.807, 2.05) is 0 Å². The van der Waals surface area contributed by atoms with Gasteiger partial charge in [0.1, 0.15) is 0 Å². The fourth-order valence-electron chi connectivity index (χ4n) is 2.36. The number of amides is 2. The Kier molecular flexibility index (Phi) is 4.79. The zero-order valence-electron chi connectivity index (χ0n) is 12.3. The van der Waals surface area contributed by atoms with Gasteiger partial charge in [0.25, 0.3) is 0 Å². The van der Waals surface area contributed by atoms with Crippen molar-refractivity contribution >= 4 is 12.0 Å². The second kappa shape index (κ2) is 5.77. The third-order valence-electron chi connectivity index (χ3n) is 4.08. The van der Waals surface area contributed by atoms with Crippen molar-refractivity contribution in [1.82, 2.24) is 10.2 Å². The number of nitrogens with zero attached hydrogens (tertiary/aromatic N) is 1. The Morgan fingerprint density at radius 1 is 1.53 bits per heavy atom. The van der Waals surface area contributed by atoms with Gasteiger partial charge in [-0.15, -0.1) is 0 Å². The minimum Gasteiger partial charge on any atom is -0.481 e. The Balaban J connectivity index is 2.46. The zero-order chi connectivity index (χ0) is 14.8. The first-order chi connectivity index (χ1) is 8.70. The van der Waals surface area contributed by atoms with E-state index in [4.69, 9.17) is 9.84 Å². The molecule has 0 aromatic rings. The molecule has 1 aliphatic carbocycles. The summed E-state index contributed by atoms with van der Waals surface area (Å²) in [5.41, 5.74) is -0.0936. The quantitative estimate of drug-likeness (QED) is 0.787. The highest BCUT2D eigenvalue weighted by Gasteiger charge is 2.49. The van der Waals surface area contributed by atoms with Crippen LogP contribution in [0.3, 0.4) is 0 Å². The van der Waals surface area contributed by atoms with Crippen LogP contribution in [0, 0.1) is 11.3 Å². The molecule has 2 amide bonds. The van der Waals surface area contributed by atoms with E-state index >= 15 is 0 Å². The lowest BCUT2D eigenvalue weighted by Crippen LogP contribution is -2.63. The third-order valence-corrected chi connectivity index (χ3v) is 4.08. The van der Waals surface area contributed by atoms with Crippen molar-refractivity contribution < 1.29 is 19.4 Å². The highest BCUT2D eigenvalue weighted by atomic mass is 16.5. The van der Waals surface area contributed by atoms with Crippen molar-refractivity contribution in [2.45, 2.75) is 39.3 Å². The van der Waals surface area contributed by atoms with Crippen LogP contribution in [0.1, 0.15) is 27.2 Å². The van der Waals surface area contributed by atoms with Gasteiger partial charge >= 0.3 is 12.0 Å². The molecular weight excluding hydrogens is 248 g/mol. The monoisotopic (exact) mass is 272 g/mol. The van der Waals surface area contributed by atoms with Gasteiger partial charge in [0, 0.05) is 32.2 Å². The number of hydrogen-bond donors (Lipinski definition) is 2. The minimum atomic E-state index is -0.900. The molecule has 0 aromatic carbocycles. The van der Waals surface area contributed by atoms with E-state index in [1.165, 1.54) is 4.90 Å². The van der Waals surface area contributed by atoms with Gasteiger partial charge in [-0.3, -0.25) is 4.79 Å². The summed E-state index contributed by atoms with van der Waals surface area (Å²) in [5.74, 6) is -1.47. The number of aliphatic carboxylic acids is 1. The summed E-state index contributed by atoms with van der Waals surface area (Å²) in [4.78, 5) is 24.1. The second-order valence-electron chi connectivity index (χ2n) is 5.90. The summed E-state index contributed by atoms with van der Waals surface area (Å²) in [6.07, 6.45) is 0.943. The van der Waals surface area contributed by atoms with Crippen LogP contribution in [0.2, 0.25) is 0 Å². The molecule has 3 unspecified atom stereocenters. The Bertz CT molecular complexity index is 357. The molecule has 1 rings (SSSR count). The molecule has 1 saturated carbocycles. The number of nitrogens with one attached hydrogen (secondary N) is 1. The van der Waals surface area contributed by atoms with E-state index in [2.05, 4.69) is 19.2 Å². The molecule has 0 saturated heterocycles. The molecule has 3 atom stereocenters. The summed E-state index contributed by atoms with van der Waals surface area (Å²) in [6.45, 7) is 5.88. The maximum absolute atomic E-state index is 12.0. The third kappa shape index (κ3) is 3.37. The van der Waals surface area contributed by atoms with Gasteiger partial charge in [-0.25, -0.2) is 4.79 Å². The number of methoxy groups -OCH3 is 1. The lowest BCUT2D eigenvalue weighted by molar-refractivity contribution is -0.141. The lowest BCUT2D eigenvalue weighted by Gasteiger charge is -2.51. The van der Waals surface area contributed by atoms with Gasteiger partial charge in [-0.1, -0.05) is 20.8 Å². The van der Waals surface area contributed by atoms with Crippen LogP contribution in [0.15, 0.2) is 0 Å². The molecule has 6 nitrogen and oxygen atoms in total. The molecule has 19 heavy (non-hydrogen) atoms. The van der Waals surface area contributed by atoms with Crippen LogP contribution in [0.5, 0.6) is 0 Å². The molecule has 2 N–H and O–H groups in total. The molecule has 6 heteroatoms. The Morgan fingerprint density at radius 2 is 2.11 bits per heavy atom. The molecule has 1 aliphatic rings. The largest absolute Gasteiger partial charge is 0.481 e. The molecule has 0 aliphatic heterocycles. The van der Waals surface area contributed by atoms with Gasteiger partial charge in [-0.2, -0.15) is 0 Å². The van der Waals surface area contributed by atoms with E-state index in [0.717, 1.165) is 6.42 Å². The van der Waals surface area contributed by atoms with Crippen LogP contribution in [0.4, 0.5) is 4.79 Å². The average molecular weight is 272 g/mol. The van der Waals surface area contributed by atoms with Gasteiger partial charge < -0.3 is 20.1 Å². The van der Waals surface area contributed by atoms with Crippen LogP contribution >= 0.6 is 0 Å². The van der Waals surface area contributed by atoms with Gasteiger partial charge in [0.05, 0.1) is 12.0 Å². The first-order valence-corrected chi connectivity index (χ1v) is 6.47. The number of carbonyl (C=O) groups is 2. The smallest absolute Gasteiger partial charge is 0.317 e. The number of carboxylic acids is 1. The van der Waals surface area contributed by atoms with Crippen molar-refractivity contribution in [3.63, 3.8) is 0 Å². The zero-order valence-corrected chi connectivity index (χ0v) is 12.3. The molecule has 1 fully saturated rings. The van der Waals surface area contributed by atoms with Crippen molar-refractivity contribution in [3.05, 3.63) is 0 Å². The van der Waals surface area contributed by atoms with Crippen molar-refractivity contribution in [2.75, 3.05) is 20.7 Å². The number of carbonyl (C=O) groups excluding carboxylic acids is 1. The van der Waals surface area contributed by atoms with Gasteiger partial charge in [0.2, 0.25) is 0 Å². The van der Waals surface area contributed by atoms with Crippen LogP contribution in [-0.2, 0) is 9.53 Å². The maximum atomic E-state index is 12.0. The summed E-state index contributed by atoms with van der Waals surface area (Å²) < 4.78 is 5.33. The Hall–Kier alpha value is -1.30. The average Bonchev–Trinajstić information content (AvgIpc) is 2.33. The standard InChI is InChI=1S/C13H24N2O4/c1-8(11(16)17)7-15(4)12(18)14-9-6-10(19-5)13(9,2)3/h8-10H,6-7H2,1-5H3,(H,14,18)(H,16,17). The van der Waals surface area contributed by atoms with E-state index in [0.29, 0.717) is 0 Å². The van der Waals surface area contributed by atoms with Crippen LogP contribution < -0.4 is 5.32 Å². The lowest BCUT2D eigenvalue weighted by atomic mass is 9.64. The predicted octanol–water partition coefficient (Wildman–Crippen LogP) is 1.16. The van der Waals surface area contributed by atoms with Gasteiger partial charge in [-0.05, 0) is 6.42 Å². The number of urea groups is 1. The fourth-order valence-corrected chi connectivity index (χ4v) is 2.36. The SMILES string of the molecule is COC1CC(NC(=O)N(C)CC(C)C(=O)O)C1(C)C. The summed E-state index contributed by atoms with van der Waals surface area (Å²) in [7, 11) is 3.28. The molecule has 0 heterocycles. The van der Waals surface area contributed by atoms with Crippen LogP contribution in [-0.4, -0.2) is 54.9 Å². The second-order valence-corrected chi connectivity index (χ2v) is 5.90. The molecule has 110 valence electrons. The predicted molar refractivity (Wildman–Crippen MR) is 70.9 cm³/mol. The van der Waals surface area contributed by atoms with E-state index in [9.17, 15) is 9.59 Å². The Morgan fingerprint density at radius 3 is 2.53 bits per heavy atom. The molecule has 0 aromatic heterocycles.